The summed E-state index contributed by atoms with van der Waals surface area (Å²) in [5, 5.41) is 25.2. The van der Waals surface area contributed by atoms with Crippen LogP contribution in [0.15, 0.2) is 30.6 Å². The molecule has 0 radical (unpaired) electrons. The van der Waals surface area contributed by atoms with Crippen molar-refractivity contribution in [3.8, 4) is 28.1 Å². The van der Waals surface area contributed by atoms with Gasteiger partial charge in [-0.15, -0.1) is 10.2 Å². The summed E-state index contributed by atoms with van der Waals surface area (Å²) in [5.74, 6) is -1.12. The Balaban J connectivity index is 1.43. The average Bonchev–Trinajstić information content (AvgIpc) is 3.27. The molecule has 2 bridgehead atoms. The highest BCUT2D eigenvalue weighted by molar-refractivity contribution is 5.74. The molecule has 1 aromatic carbocycles. The first kappa shape index (κ1) is 21.8. The van der Waals surface area contributed by atoms with Crippen LogP contribution >= 0.6 is 0 Å². The van der Waals surface area contributed by atoms with Crippen molar-refractivity contribution < 1.29 is 13.9 Å². The Hall–Kier alpha value is -3.03. The van der Waals surface area contributed by atoms with E-state index in [2.05, 4.69) is 34.2 Å². The van der Waals surface area contributed by atoms with Crippen molar-refractivity contribution >= 4 is 5.82 Å². The zero-order valence-corrected chi connectivity index (χ0v) is 19.2. The minimum absolute atomic E-state index is 0.0826. The predicted octanol–water partition coefficient (Wildman–Crippen LogP) is 5.70. The van der Waals surface area contributed by atoms with Gasteiger partial charge in [0.05, 0.1) is 11.9 Å². The Morgan fingerprint density at radius 2 is 1.76 bits per heavy atom. The monoisotopic (exact) mass is 453 g/mol. The molecule has 33 heavy (non-hydrogen) atoms. The van der Waals surface area contributed by atoms with E-state index < -0.39 is 11.6 Å². The van der Waals surface area contributed by atoms with Gasteiger partial charge in [0, 0.05) is 42.0 Å². The average molecular weight is 454 g/mol. The SMILES string of the molecule is CN(c1nnc(-c2cc(F)c(-c3cn[nH]c3)cc2O)cc1F)[C@H]1C[C@]2(C)CCC[C@](C)(C1)C2. The molecule has 5 rings (SSSR count). The molecule has 174 valence electrons. The summed E-state index contributed by atoms with van der Waals surface area (Å²) in [4.78, 5) is 1.91. The number of aromatic hydroxyl groups is 1. The van der Waals surface area contributed by atoms with Crippen LogP contribution in [-0.4, -0.2) is 38.6 Å². The normalized spacial score (nSPS) is 26.9. The number of halogens is 2. The first-order valence-corrected chi connectivity index (χ1v) is 11.4. The van der Waals surface area contributed by atoms with Gasteiger partial charge in [-0.2, -0.15) is 5.10 Å². The third kappa shape index (κ3) is 3.96. The molecule has 0 aliphatic heterocycles. The molecule has 0 amide bonds. The van der Waals surface area contributed by atoms with E-state index in [4.69, 9.17) is 0 Å². The quantitative estimate of drug-likeness (QED) is 0.530. The Bertz CT molecular complexity index is 1170. The third-order valence-corrected chi connectivity index (χ3v) is 7.65. The molecule has 2 aliphatic carbocycles. The fourth-order valence-electron chi connectivity index (χ4n) is 6.27. The lowest BCUT2D eigenvalue weighted by molar-refractivity contribution is 0.0140. The van der Waals surface area contributed by atoms with E-state index in [9.17, 15) is 9.50 Å². The zero-order chi connectivity index (χ0) is 23.4. The van der Waals surface area contributed by atoms with Gasteiger partial charge in [0.15, 0.2) is 11.6 Å². The molecular weight excluding hydrogens is 424 g/mol. The van der Waals surface area contributed by atoms with Crippen molar-refractivity contribution in [2.45, 2.75) is 58.4 Å². The minimum Gasteiger partial charge on any atom is -0.507 e. The van der Waals surface area contributed by atoms with Crippen LogP contribution in [0.2, 0.25) is 0 Å². The van der Waals surface area contributed by atoms with E-state index in [0.717, 1.165) is 18.9 Å². The largest absolute Gasteiger partial charge is 0.507 e. The summed E-state index contributed by atoms with van der Waals surface area (Å²) in [7, 11) is 1.88. The molecular formula is C25H29F2N5O. The fourth-order valence-corrected chi connectivity index (χ4v) is 6.27. The maximum atomic E-state index is 15.2. The van der Waals surface area contributed by atoms with Crippen molar-refractivity contribution in [3.63, 3.8) is 0 Å². The lowest BCUT2D eigenvalue weighted by atomic mass is 9.55. The van der Waals surface area contributed by atoms with Gasteiger partial charge in [0.25, 0.3) is 0 Å². The molecule has 2 heterocycles. The van der Waals surface area contributed by atoms with Crippen LogP contribution in [0.4, 0.5) is 14.6 Å². The minimum atomic E-state index is -0.567. The molecule has 0 spiro atoms. The highest BCUT2D eigenvalue weighted by atomic mass is 19.1. The van der Waals surface area contributed by atoms with E-state index >= 15 is 4.39 Å². The van der Waals surface area contributed by atoms with Crippen LogP contribution in [0, 0.1) is 22.5 Å². The van der Waals surface area contributed by atoms with Gasteiger partial charge in [-0.1, -0.05) is 20.3 Å². The molecule has 2 aromatic heterocycles. The zero-order valence-electron chi connectivity index (χ0n) is 19.2. The highest BCUT2D eigenvalue weighted by Gasteiger charge is 2.47. The number of benzene rings is 1. The van der Waals surface area contributed by atoms with Crippen LogP contribution in [0.5, 0.6) is 5.75 Å². The van der Waals surface area contributed by atoms with Gasteiger partial charge < -0.3 is 10.0 Å². The number of phenols is 1. The lowest BCUT2D eigenvalue weighted by Gasteiger charge is -2.54. The van der Waals surface area contributed by atoms with Gasteiger partial charge in [-0.25, -0.2) is 8.78 Å². The highest BCUT2D eigenvalue weighted by Crippen LogP contribution is 2.56. The van der Waals surface area contributed by atoms with E-state index in [1.807, 2.05) is 11.9 Å². The second-order valence-corrected chi connectivity index (χ2v) is 10.6. The maximum Gasteiger partial charge on any atom is 0.187 e. The van der Waals surface area contributed by atoms with Crippen molar-refractivity contribution in [1.82, 2.24) is 20.4 Å². The first-order valence-electron chi connectivity index (χ1n) is 11.4. The van der Waals surface area contributed by atoms with Crippen molar-refractivity contribution in [2.24, 2.45) is 10.8 Å². The number of nitrogens with one attached hydrogen (secondary N) is 1. The van der Waals surface area contributed by atoms with E-state index in [0.29, 0.717) is 5.56 Å². The van der Waals surface area contributed by atoms with E-state index in [1.165, 1.54) is 50.2 Å². The molecule has 6 nitrogen and oxygen atoms in total. The fraction of sp³-hybridized carbons (Fsp3) is 0.480. The molecule has 2 N–H and O–H groups in total. The van der Waals surface area contributed by atoms with Crippen molar-refractivity contribution in [1.29, 1.82) is 0 Å². The number of fused-ring (bicyclic) bond motifs is 2. The summed E-state index contributed by atoms with van der Waals surface area (Å²) in [6.07, 6.45) is 9.89. The van der Waals surface area contributed by atoms with Crippen LogP contribution < -0.4 is 4.90 Å². The molecule has 0 unspecified atom stereocenters. The molecule has 2 saturated carbocycles. The third-order valence-electron chi connectivity index (χ3n) is 7.65. The van der Waals surface area contributed by atoms with Crippen LogP contribution in [-0.2, 0) is 0 Å². The number of aromatic amines is 1. The maximum absolute atomic E-state index is 15.2. The van der Waals surface area contributed by atoms with Crippen LogP contribution in [0.3, 0.4) is 0 Å². The predicted molar refractivity (Wildman–Crippen MR) is 123 cm³/mol. The summed E-state index contributed by atoms with van der Waals surface area (Å²) < 4.78 is 29.9. The number of hydrogen-bond donors (Lipinski definition) is 2. The number of hydrogen-bond acceptors (Lipinski definition) is 5. The molecule has 3 aromatic rings. The number of aromatic nitrogens is 4. The molecule has 8 heteroatoms. The molecule has 2 aliphatic rings. The Morgan fingerprint density at radius 3 is 2.39 bits per heavy atom. The van der Waals surface area contributed by atoms with E-state index in [1.54, 1.807) is 0 Å². The van der Waals surface area contributed by atoms with Crippen molar-refractivity contribution in [2.75, 3.05) is 11.9 Å². The Morgan fingerprint density at radius 1 is 1.03 bits per heavy atom. The number of nitrogens with zero attached hydrogens (tertiary/aromatic N) is 4. The second kappa shape index (κ2) is 7.78. The van der Waals surface area contributed by atoms with Gasteiger partial charge in [0.1, 0.15) is 11.6 Å². The van der Waals surface area contributed by atoms with Gasteiger partial charge in [-0.3, -0.25) is 5.10 Å². The van der Waals surface area contributed by atoms with Crippen LogP contribution in [0.1, 0.15) is 52.4 Å². The summed E-state index contributed by atoms with van der Waals surface area (Å²) >= 11 is 0. The standard InChI is InChI=1S/C25H29F2N5O/c1-24-5-4-6-25(2,14-24)11-16(10-24)32(3)23-20(27)9-21(30-31-23)18-7-19(26)17(8-22(18)33)15-12-28-29-13-15/h7-9,12-13,16,33H,4-6,10-11,14H2,1-3H3,(H,28,29)/t16-,24-,25+. The topological polar surface area (TPSA) is 77.9 Å². The lowest BCUT2D eigenvalue weighted by Crippen LogP contribution is -2.49. The summed E-state index contributed by atoms with van der Waals surface area (Å²) in [6, 6.07) is 3.84. The molecule has 2 fully saturated rings. The molecule has 0 saturated heterocycles. The van der Waals surface area contributed by atoms with Crippen molar-refractivity contribution in [3.05, 3.63) is 42.2 Å². The second-order valence-electron chi connectivity index (χ2n) is 10.6. The number of anilines is 1. The smallest absolute Gasteiger partial charge is 0.187 e. The van der Waals surface area contributed by atoms with Gasteiger partial charge in [0.2, 0.25) is 0 Å². The summed E-state index contributed by atoms with van der Waals surface area (Å²) in [5.41, 5.74) is 1.41. The molecule has 3 atom stereocenters. The number of rotatable bonds is 4. The number of phenolic OH excluding ortho intramolecular Hbond substituents is 1. The number of H-pyrrole nitrogens is 1. The first-order chi connectivity index (χ1) is 15.7. The Labute approximate surface area is 192 Å². The Kier molecular flexibility index (Phi) is 5.14. The van der Waals surface area contributed by atoms with Gasteiger partial charge in [-0.05, 0) is 55.1 Å². The van der Waals surface area contributed by atoms with Crippen LogP contribution in [0.25, 0.3) is 22.4 Å². The summed E-state index contributed by atoms with van der Waals surface area (Å²) in [6.45, 7) is 4.69. The van der Waals surface area contributed by atoms with Gasteiger partial charge >= 0.3 is 0 Å². The van der Waals surface area contributed by atoms with E-state index in [-0.39, 0.29) is 45.3 Å².